The number of hydrogen-bond donors (Lipinski definition) is 1. The third kappa shape index (κ3) is 5.58. The lowest BCUT2D eigenvalue weighted by Crippen LogP contribution is -2.32. The Balaban J connectivity index is 1.71. The Kier molecular flexibility index (Phi) is 6.91. The van der Waals surface area contributed by atoms with Crippen LogP contribution in [0.5, 0.6) is 5.75 Å². The van der Waals surface area contributed by atoms with E-state index in [1.165, 1.54) is 0 Å². The van der Waals surface area contributed by atoms with E-state index in [1.807, 2.05) is 4.90 Å². The Morgan fingerprint density at radius 2 is 1.87 bits per heavy atom. The minimum atomic E-state index is -0.153. The maximum atomic E-state index is 12.0. The largest absolute Gasteiger partial charge is 0.494 e. The van der Waals surface area contributed by atoms with Crippen molar-refractivity contribution in [2.75, 3.05) is 26.2 Å². The van der Waals surface area contributed by atoms with E-state index in [-0.39, 0.29) is 11.8 Å². The van der Waals surface area contributed by atoms with Crippen LogP contribution in [0.15, 0.2) is 24.3 Å². The Bertz CT molecular complexity index is 508. The average molecular weight is 318 g/mol. The molecule has 1 aliphatic rings. The Hall–Kier alpha value is -2.04. The molecule has 5 heteroatoms. The van der Waals surface area contributed by atoms with Gasteiger partial charge in [-0.25, -0.2) is 0 Å². The highest BCUT2D eigenvalue weighted by Gasteiger charge is 2.17. The smallest absolute Gasteiger partial charge is 0.251 e. The lowest BCUT2D eigenvalue weighted by molar-refractivity contribution is -0.129. The second-order valence-electron chi connectivity index (χ2n) is 5.82. The zero-order valence-electron chi connectivity index (χ0n) is 13.8. The molecule has 1 heterocycles. The van der Waals surface area contributed by atoms with E-state index in [9.17, 15) is 9.59 Å². The zero-order valence-corrected chi connectivity index (χ0v) is 13.8. The van der Waals surface area contributed by atoms with E-state index in [4.69, 9.17) is 4.74 Å². The van der Waals surface area contributed by atoms with Gasteiger partial charge < -0.3 is 15.0 Å². The summed E-state index contributed by atoms with van der Waals surface area (Å²) in [6.07, 6.45) is 4.66. The molecule has 1 aromatic carbocycles. The number of carbonyl (C=O) groups is 2. The first-order valence-electron chi connectivity index (χ1n) is 8.49. The molecule has 0 saturated carbocycles. The summed E-state index contributed by atoms with van der Waals surface area (Å²) in [7, 11) is 0. The van der Waals surface area contributed by atoms with Crippen molar-refractivity contribution in [3.8, 4) is 5.75 Å². The maximum Gasteiger partial charge on any atom is 0.251 e. The van der Waals surface area contributed by atoms with E-state index < -0.39 is 0 Å². The molecule has 2 amide bonds. The van der Waals surface area contributed by atoms with Crippen molar-refractivity contribution >= 4 is 11.8 Å². The van der Waals surface area contributed by atoms with Crippen molar-refractivity contribution in [3.63, 3.8) is 0 Å². The summed E-state index contributed by atoms with van der Waals surface area (Å²) >= 11 is 0. The van der Waals surface area contributed by atoms with Crippen LogP contribution >= 0.6 is 0 Å². The Morgan fingerprint density at radius 3 is 2.52 bits per heavy atom. The van der Waals surface area contributed by atoms with Gasteiger partial charge in [0.05, 0.1) is 6.61 Å². The number of likely N-dealkylation sites (tertiary alicyclic amines) is 1. The van der Waals surface area contributed by atoms with Crippen LogP contribution in [0.1, 0.15) is 49.4 Å². The van der Waals surface area contributed by atoms with Crippen molar-refractivity contribution < 1.29 is 14.3 Å². The molecule has 0 aliphatic carbocycles. The minimum absolute atomic E-state index is 0.127. The minimum Gasteiger partial charge on any atom is -0.494 e. The monoisotopic (exact) mass is 318 g/mol. The number of amides is 2. The number of nitrogens with one attached hydrogen (secondary N) is 1. The van der Waals surface area contributed by atoms with Gasteiger partial charge in [-0.1, -0.05) is 13.3 Å². The molecule has 0 bridgehead atoms. The van der Waals surface area contributed by atoms with Gasteiger partial charge in [-0.15, -0.1) is 0 Å². The summed E-state index contributed by atoms with van der Waals surface area (Å²) in [6, 6.07) is 7.11. The van der Waals surface area contributed by atoms with E-state index in [2.05, 4.69) is 12.2 Å². The van der Waals surface area contributed by atoms with E-state index in [0.717, 1.165) is 44.5 Å². The van der Waals surface area contributed by atoms with Crippen LogP contribution in [0.3, 0.4) is 0 Å². The highest BCUT2D eigenvalue weighted by Crippen LogP contribution is 2.13. The molecule has 0 aromatic heterocycles. The number of unbranched alkanes of at least 4 members (excludes halogenated alkanes) is 1. The van der Waals surface area contributed by atoms with Crippen LogP contribution < -0.4 is 10.1 Å². The van der Waals surface area contributed by atoms with Crippen molar-refractivity contribution in [1.29, 1.82) is 0 Å². The van der Waals surface area contributed by atoms with Gasteiger partial charge in [0.1, 0.15) is 5.75 Å². The highest BCUT2D eigenvalue weighted by atomic mass is 16.5. The maximum absolute atomic E-state index is 12.0. The highest BCUT2D eigenvalue weighted by molar-refractivity contribution is 5.94. The molecular formula is C18H26N2O3. The second-order valence-corrected chi connectivity index (χ2v) is 5.82. The Morgan fingerprint density at radius 1 is 1.17 bits per heavy atom. The number of benzene rings is 1. The van der Waals surface area contributed by atoms with Crippen LogP contribution in [0.2, 0.25) is 0 Å². The number of nitrogens with zero attached hydrogens (tertiary/aromatic N) is 1. The van der Waals surface area contributed by atoms with Crippen molar-refractivity contribution in [3.05, 3.63) is 29.8 Å². The number of ether oxygens (including phenoxy) is 1. The second kappa shape index (κ2) is 9.18. The molecule has 1 N–H and O–H groups in total. The number of rotatable bonds is 8. The SMILES string of the molecule is CCCCOc1ccc(C(=O)NCCC(=O)N2CCCC2)cc1. The van der Waals surface area contributed by atoms with Gasteiger partial charge >= 0.3 is 0 Å². The molecular weight excluding hydrogens is 292 g/mol. The third-order valence-corrected chi connectivity index (χ3v) is 3.97. The summed E-state index contributed by atoms with van der Waals surface area (Å²) in [5, 5.41) is 2.80. The predicted molar refractivity (Wildman–Crippen MR) is 89.6 cm³/mol. The van der Waals surface area contributed by atoms with Gasteiger partial charge in [-0.2, -0.15) is 0 Å². The molecule has 2 rings (SSSR count). The van der Waals surface area contributed by atoms with Gasteiger partial charge in [0.15, 0.2) is 0 Å². The zero-order chi connectivity index (χ0) is 16.5. The van der Waals surface area contributed by atoms with Crippen LogP contribution in [0, 0.1) is 0 Å². The van der Waals surface area contributed by atoms with Crippen molar-refractivity contribution in [2.45, 2.75) is 39.0 Å². The molecule has 1 saturated heterocycles. The molecule has 5 nitrogen and oxygen atoms in total. The van der Waals surface area contributed by atoms with Crippen LogP contribution in [-0.4, -0.2) is 43.0 Å². The lowest BCUT2D eigenvalue weighted by Gasteiger charge is -2.15. The molecule has 0 spiro atoms. The fourth-order valence-electron chi connectivity index (χ4n) is 2.55. The molecule has 1 aromatic rings. The van der Waals surface area contributed by atoms with Crippen molar-refractivity contribution in [1.82, 2.24) is 10.2 Å². The molecule has 1 fully saturated rings. The van der Waals surface area contributed by atoms with E-state index >= 15 is 0 Å². The first-order chi connectivity index (χ1) is 11.2. The normalized spacial score (nSPS) is 13.9. The standard InChI is InChI=1S/C18H26N2O3/c1-2-3-14-23-16-8-6-15(7-9-16)18(22)19-11-10-17(21)20-12-4-5-13-20/h6-9H,2-5,10-14H2,1H3,(H,19,22). The van der Waals surface area contributed by atoms with Crippen LogP contribution in [0.25, 0.3) is 0 Å². The van der Waals surface area contributed by atoms with Crippen molar-refractivity contribution in [2.24, 2.45) is 0 Å². The average Bonchev–Trinajstić information content (AvgIpc) is 3.10. The van der Waals surface area contributed by atoms with Crippen LogP contribution in [-0.2, 0) is 4.79 Å². The molecule has 1 aliphatic heterocycles. The lowest BCUT2D eigenvalue weighted by atomic mass is 10.2. The fourth-order valence-corrected chi connectivity index (χ4v) is 2.55. The molecule has 126 valence electrons. The van der Waals surface area contributed by atoms with Gasteiger partial charge in [0.25, 0.3) is 5.91 Å². The summed E-state index contributed by atoms with van der Waals surface area (Å²) in [5.41, 5.74) is 0.585. The van der Waals surface area contributed by atoms with Crippen LogP contribution in [0.4, 0.5) is 0 Å². The molecule has 0 radical (unpaired) electrons. The summed E-state index contributed by atoms with van der Waals surface area (Å²) < 4.78 is 5.57. The first-order valence-corrected chi connectivity index (χ1v) is 8.49. The van der Waals surface area contributed by atoms with Gasteiger partial charge in [-0.05, 0) is 43.5 Å². The molecule has 0 atom stereocenters. The number of hydrogen-bond acceptors (Lipinski definition) is 3. The molecule has 23 heavy (non-hydrogen) atoms. The predicted octanol–water partition coefficient (Wildman–Crippen LogP) is 2.61. The van der Waals surface area contributed by atoms with Gasteiger partial charge in [-0.3, -0.25) is 9.59 Å². The summed E-state index contributed by atoms with van der Waals surface area (Å²) in [4.78, 5) is 25.8. The third-order valence-electron chi connectivity index (χ3n) is 3.97. The molecule has 0 unspecified atom stereocenters. The van der Waals surface area contributed by atoms with Gasteiger partial charge in [0, 0.05) is 31.6 Å². The van der Waals surface area contributed by atoms with E-state index in [0.29, 0.717) is 25.1 Å². The summed E-state index contributed by atoms with van der Waals surface area (Å²) in [5.74, 6) is 0.751. The fraction of sp³-hybridized carbons (Fsp3) is 0.556. The number of carbonyl (C=O) groups excluding carboxylic acids is 2. The first kappa shape index (κ1) is 17.3. The van der Waals surface area contributed by atoms with Gasteiger partial charge in [0.2, 0.25) is 5.91 Å². The quantitative estimate of drug-likeness (QED) is 0.750. The topological polar surface area (TPSA) is 58.6 Å². The summed E-state index contributed by atoms with van der Waals surface area (Å²) in [6.45, 7) is 4.90. The Labute approximate surface area is 138 Å². The van der Waals surface area contributed by atoms with E-state index in [1.54, 1.807) is 24.3 Å².